The zero-order valence-electron chi connectivity index (χ0n) is 16.9. The van der Waals surface area contributed by atoms with Gasteiger partial charge in [-0.15, -0.1) is 0 Å². The quantitative estimate of drug-likeness (QED) is 0.401. The molecule has 146 valence electrons. The maximum atomic E-state index is 2.32. The molecule has 0 heterocycles. The van der Waals surface area contributed by atoms with Crippen LogP contribution in [0.4, 0.5) is 0 Å². The molecule has 0 amide bonds. The van der Waals surface area contributed by atoms with Gasteiger partial charge in [0.2, 0.25) is 0 Å². The Kier molecular flexibility index (Phi) is 7.06. The fourth-order valence-corrected chi connectivity index (χ4v) is 8.35. The van der Waals surface area contributed by atoms with Gasteiger partial charge >= 0.3 is 0 Å². The first-order valence-electron chi connectivity index (χ1n) is 9.82. The Morgan fingerprint density at radius 1 is 0.517 bits per heavy atom. The Morgan fingerprint density at radius 2 is 0.931 bits per heavy atom. The van der Waals surface area contributed by atoms with E-state index in [1.54, 1.807) is 0 Å². The Balaban J connectivity index is 0.00000240. The molecule has 4 aromatic carbocycles. The third-order valence-electron chi connectivity index (χ3n) is 5.72. The first-order chi connectivity index (χ1) is 13.7. The molecular weight excluding hydrogens is 435 g/mol. The van der Waals surface area contributed by atoms with Crippen LogP contribution in [0.1, 0.15) is 16.7 Å². The van der Waals surface area contributed by atoms with Crippen molar-refractivity contribution in [1.29, 1.82) is 0 Å². The van der Waals surface area contributed by atoms with Crippen LogP contribution in [0.3, 0.4) is 0 Å². The fraction of sp³-hybridized carbons (Fsp3) is 0.111. The Labute approximate surface area is 185 Å². The van der Waals surface area contributed by atoms with Gasteiger partial charge < -0.3 is 17.0 Å². The molecule has 0 saturated carbocycles. The fourth-order valence-electron chi connectivity index (χ4n) is 4.01. The van der Waals surface area contributed by atoms with E-state index in [-0.39, 0.29) is 17.0 Å². The number of halogens is 1. The van der Waals surface area contributed by atoms with E-state index in [9.17, 15) is 0 Å². The summed E-state index contributed by atoms with van der Waals surface area (Å²) in [6.07, 6.45) is 1.04. The first-order valence-corrected chi connectivity index (χ1v) is 11.8. The first kappa shape index (κ1) is 21.5. The van der Waals surface area contributed by atoms with Crippen molar-refractivity contribution in [3.05, 3.63) is 126 Å². The van der Waals surface area contributed by atoms with Crippen LogP contribution in [0.15, 0.2) is 109 Å². The highest BCUT2D eigenvalue weighted by molar-refractivity contribution is 7.95. The molecule has 0 spiro atoms. The number of hydrogen-bond donors (Lipinski definition) is 0. The normalized spacial score (nSPS) is 11.0. The highest BCUT2D eigenvalue weighted by Crippen LogP contribution is 2.58. The van der Waals surface area contributed by atoms with E-state index in [2.05, 4.69) is 123 Å². The van der Waals surface area contributed by atoms with Crippen LogP contribution >= 0.6 is 7.26 Å². The molecule has 0 atom stereocenters. The summed E-state index contributed by atoms with van der Waals surface area (Å²) >= 11 is 0. The number of rotatable bonds is 5. The topological polar surface area (TPSA) is 0 Å². The zero-order chi connectivity index (χ0) is 19.4. The molecule has 0 saturated heterocycles. The molecule has 0 N–H and O–H groups in total. The van der Waals surface area contributed by atoms with Gasteiger partial charge in [-0.2, -0.15) is 0 Å². The third-order valence-corrected chi connectivity index (χ3v) is 10.1. The van der Waals surface area contributed by atoms with Gasteiger partial charge in [0.05, 0.1) is 6.16 Å². The van der Waals surface area contributed by atoms with Gasteiger partial charge in [-0.1, -0.05) is 72.8 Å². The summed E-state index contributed by atoms with van der Waals surface area (Å²) in [5.74, 6) is 0. The summed E-state index contributed by atoms with van der Waals surface area (Å²) in [6.45, 7) is 4.48. The van der Waals surface area contributed by atoms with Crippen LogP contribution in [0.25, 0.3) is 0 Å². The summed E-state index contributed by atoms with van der Waals surface area (Å²) in [6, 6.07) is 40.1. The molecular formula is C27H26BrP. The molecule has 0 aromatic heterocycles. The van der Waals surface area contributed by atoms with E-state index in [0.717, 1.165) is 6.16 Å². The minimum absolute atomic E-state index is 0. The molecule has 0 aliphatic rings. The molecule has 0 radical (unpaired) electrons. The zero-order valence-corrected chi connectivity index (χ0v) is 19.4. The predicted octanol–water partition coefficient (Wildman–Crippen LogP) is 2.80. The molecule has 0 fully saturated rings. The van der Waals surface area contributed by atoms with Crippen molar-refractivity contribution in [3.63, 3.8) is 0 Å². The van der Waals surface area contributed by atoms with Crippen molar-refractivity contribution in [2.24, 2.45) is 0 Å². The average molecular weight is 461 g/mol. The summed E-state index contributed by atoms with van der Waals surface area (Å²) in [7, 11) is -1.82. The van der Waals surface area contributed by atoms with Crippen molar-refractivity contribution in [2.75, 3.05) is 0 Å². The minimum Gasteiger partial charge on any atom is -1.00 e. The number of benzene rings is 4. The summed E-state index contributed by atoms with van der Waals surface area (Å²) in [4.78, 5) is 0. The van der Waals surface area contributed by atoms with Crippen LogP contribution in [-0.2, 0) is 6.16 Å². The largest absolute Gasteiger partial charge is 1.00 e. The summed E-state index contributed by atoms with van der Waals surface area (Å²) in [5.41, 5.74) is 4.23. The monoisotopic (exact) mass is 460 g/mol. The van der Waals surface area contributed by atoms with Crippen LogP contribution in [0, 0.1) is 13.8 Å². The molecule has 4 aromatic rings. The molecule has 4 rings (SSSR count). The Bertz CT molecular complexity index is 947. The molecule has 29 heavy (non-hydrogen) atoms. The molecule has 0 unspecified atom stereocenters. The molecule has 0 nitrogen and oxygen atoms in total. The van der Waals surface area contributed by atoms with Crippen LogP contribution in [0.2, 0.25) is 0 Å². The lowest BCUT2D eigenvalue weighted by molar-refractivity contribution is -0.00000558. The van der Waals surface area contributed by atoms with Gasteiger partial charge in [-0.25, -0.2) is 0 Å². The van der Waals surface area contributed by atoms with E-state index in [4.69, 9.17) is 0 Å². The third kappa shape index (κ3) is 4.22. The van der Waals surface area contributed by atoms with Gasteiger partial charge in [-0.05, 0) is 66.9 Å². The van der Waals surface area contributed by atoms with E-state index >= 15 is 0 Å². The highest BCUT2D eigenvalue weighted by atomic mass is 79.9. The van der Waals surface area contributed by atoms with Crippen molar-refractivity contribution < 1.29 is 17.0 Å². The Morgan fingerprint density at radius 3 is 1.34 bits per heavy atom. The Hall–Kier alpha value is -2.21. The molecule has 0 aliphatic carbocycles. The van der Waals surface area contributed by atoms with Crippen molar-refractivity contribution in [1.82, 2.24) is 0 Å². The van der Waals surface area contributed by atoms with E-state index < -0.39 is 7.26 Å². The maximum Gasteiger partial charge on any atom is 0.116 e. The SMILES string of the molecule is Cc1cccc(C[P+](c2ccccc2)(c2ccccc2)c2ccccc2)c1C.[Br-]. The van der Waals surface area contributed by atoms with Crippen molar-refractivity contribution in [3.8, 4) is 0 Å². The van der Waals surface area contributed by atoms with Crippen LogP contribution in [0.5, 0.6) is 0 Å². The maximum absolute atomic E-state index is 2.32. The van der Waals surface area contributed by atoms with Gasteiger partial charge in [-0.3, -0.25) is 0 Å². The van der Waals surface area contributed by atoms with Gasteiger partial charge in [0.25, 0.3) is 0 Å². The van der Waals surface area contributed by atoms with E-state index in [0.29, 0.717) is 0 Å². The predicted molar refractivity (Wildman–Crippen MR) is 125 cm³/mol. The van der Waals surface area contributed by atoms with Gasteiger partial charge in [0.15, 0.2) is 0 Å². The van der Waals surface area contributed by atoms with Gasteiger partial charge in [0, 0.05) is 0 Å². The van der Waals surface area contributed by atoms with Gasteiger partial charge in [0.1, 0.15) is 23.2 Å². The number of hydrogen-bond acceptors (Lipinski definition) is 0. The van der Waals surface area contributed by atoms with E-state index in [1.165, 1.54) is 32.6 Å². The molecule has 2 heteroatoms. The summed E-state index contributed by atoms with van der Waals surface area (Å²) in [5, 5.41) is 4.31. The average Bonchev–Trinajstić information content (AvgIpc) is 2.77. The minimum atomic E-state index is -1.82. The lowest BCUT2D eigenvalue weighted by atomic mass is 10.1. The van der Waals surface area contributed by atoms with Crippen LogP contribution in [-0.4, -0.2) is 0 Å². The summed E-state index contributed by atoms with van der Waals surface area (Å²) < 4.78 is 0. The molecule has 0 aliphatic heterocycles. The second-order valence-electron chi connectivity index (χ2n) is 7.33. The molecule has 0 bridgehead atoms. The smallest absolute Gasteiger partial charge is 0.116 e. The second kappa shape index (κ2) is 9.53. The van der Waals surface area contributed by atoms with Crippen molar-refractivity contribution >= 4 is 23.2 Å². The van der Waals surface area contributed by atoms with Crippen LogP contribution < -0.4 is 32.9 Å². The van der Waals surface area contributed by atoms with Crippen molar-refractivity contribution in [2.45, 2.75) is 20.0 Å². The highest BCUT2D eigenvalue weighted by Gasteiger charge is 2.45. The number of aryl methyl sites for hydroxylation is 1. The standard InChI is InChI=1S/C27H26P.BrH/c1-22-13-12-14-24(23(22)2)21-28(25-15-6-3-7-16-25,26-17-8-4-9-18-26)27-19-10-5-11-20-27;/h3-20H,21H2,1-2H3;1H/q+1;/p-1. The second-order valence-corrected chi connectivity index (χ2v) is 10.8. The van der Waals surface area contributed by atoms with E-state index in [1.807, 2.05) is 0 Å². The lowest BCUT2D eigenvalue weighted by Crippen LogP contribution is -3.00. The lowest BCUT2D eigenvalue weighted by Gasteiger charge is -2.28.